The smallest absolute Gasteiger partial charge is 0.379 e. The predicted octanol–water partition coefficient (Wildman–Crippen LogP) is 3.89. The molecule has 1 aliphatic heterocycles. The Balaban J connectivity index is 2.54. The van der Waals surface area contributed by atoms with Gasteiger partial charge in [-0.3, -0.25) is 9.80 Å². The second-order valence-electron chi connectivity index (χ2n) is 6.75. The summed E-state index contributed by atoms with van der Waals surface area (Å²) in [6.45, 7) is 1.40. The standard InChI is InChI=1S/C15H23F9N2O/c1-25(4-5-26-6-8-27-9-7-26)11-12(16,17)10-14(20,21)13(18,19)2-3-15(22,23)24/h2-11H2,1H3. The normalized spacial score (nSPS) is 18.3. The quantitative estimate of drug-likeness (QED) is 0.501. The van der Waals surface area contributed by atoms with E-state index < -0.39 is 49.8 Å². The molecule has 3 nitrogen and oxygen atoms in total. The molecule has 0 aliphatic carbocycles. The minimum absolute atomic E-state index is 0.0889. The predicted molar refractivity (Wildman–Crippen MR) is 79.5 cm³/mol. The van der Waals surface area contributed by atoms with Crippen molar-refractivity contribution in [3.63, 3.8) is 0 Å². The van der Waals surface area contributed by atoms with Crippen molar-refractivity contribution >= 4 is 0 Å². The maximum absolute atomic E-state index is 13.8. The Morgan fingerprint density at radius 1 is 0.852 bits per heavy atom. The van der Waals surface area contributed by atoms with Gasteiger partial charge < -0.3 is 4.74 Å². The third-order valence-electron chi connectivity index (χ3n) is 4.14. The molecule has 27 heavy (non-hydrogen) atoms. The maximum Gasteiger partial charge on any atom is 0.389 e. The number of likely N-dealkylation sites (N-methyl/N-ethyl adjacent to an activating group) is 1. The molecule has 0 amide bonds. The van der Waals surface area contributed by atoms with Gasteiger partial charge in [-0.25, -0.2) is 8.78 Å². The molecule has 162 valence electrons. The molecule has 1 rings (SSSR count). The highest BCUT2D eigenvalue weighted by atomic mass is 19.4. The summed E-state index contributed by atoms with van der Waals surface area (Å²) >= 11 is 0. The van der Waals surface area contributed by atoms with Gasteiger partial charge in [-0.2, -0.15) is 30.7 Å². The average molecular weight is 418 g/mol. The molecule has 0 aromatic carbocycles. The lowest BCUT2D eigenvalue weighted by Gasteiger charge is -2.32. The molecule has 0 radical (unpaired) electrons. The van der Waals surface area contributed by atoms with E-state index in [9.17, 15) is 39.5 Å². The Kier molecular flexibility index (Phi) is 8.24. The van der Waals surface area contributed by atoms with Gasteiger partial charge in [0.1, 0.15) is 0 Å². The Morgan fingerprint density at radius 3 is 1.93 bits per heavy atom. The average Bonchev–Trinajstić information content (AvgIpc) is 2.50. The van der Waals surface area contributed by atoms with E-state index in [2.05, 4.69) is 0 Å². The first-order valence-corrected chi connectivity index (χ1v) is 8.32. The van der Waals surface area contributed by atoms with E-state index in [-0.39, 0.29) is 6.54 Å². The van der Waals surface area contributed by atoms with Crippen LogP contribution >= 0.6 is 0 Å². The zero-order valence-corrected chi connectivity index (χ0v) is 14.8. The molecule has 0 aromatic heterocycles. The van der Waals surface area contributed by atoms with Crippen LogP contribution < -0.4 is 0 Å². The van der Waals surface area contributed by atoms with Gasteiger partial charge in [0, 0.05) is 39.0 Å². The van der Waals surface area contributed by atoms with Crippen LogP contribution in [-0.4, -0.2) is 86.7 Å². The summed E-state index contributed by atoms with van der Waals surface area (Å²) in [5.41, 5.74) is 0. The van der Waals surface area contributed by atoms with Crippen molar-refractivity contribution in [1.82, 2.24) is 9.80 Å². The fraction of sp³-hybridized carbons (Fsp3) is 1.00. The SMILES string of the molecule is CN(CCN1CCOCC1)CC(F)(F)CC(F)(F)C(F)(F)CCC(F)(F)F. The number of morpholine rings is 1. The molecule has 12 heteroatoms. The molecule has 0 unspecified atom stereocenters. The van der Waals surface area contributed by atoms with Crippen LogP contribution in [0.5, 0.6) is 0 Å². The summed E-state index contributed by atoms with van der Waals surface area (Å²) in [4.78, 5) is 2.94. The molecule has 0 N–H and O–H groups in total. The van der Waals surface area contributed by atoms with Gasteiger partial charge in [0.15, 0.2) is 0 Å². The largest absolute Gasteiger partial charge is 0.389 e. The molecule has 0 saturated carbocycles. The molecule has 1 saturated heterocycles. The molecule has 1 aliphatic rings. The van der Waals surface area contributed by atoms with Crippen molar-refractivity contribution in [3.05, 3.63) is 0 Å². The van der Waals surface area contributed by atoms with Crippen molar-refractivity contribution in [2.24, 2.45) is 0 Å². The Labute approximate surface area is 151 Å². The van der Waals surface area contributed by atoms with E-state index in [1.54, 1.807) is 0 Å². The number of alkyl halides is 9. The van der Waals surface area contributed by atoms with E-state index >= 15 is 0 Å². The first kappa shape index (κ1) is 24.3. The molecule has 1 fully saturated rings. The topological polar surface area (TPSA) is 15.7 Å². The van der Waals surface area contributed by atoms with E-state index in [4.69, 9.17) is 4.74 Å². The second-order valence-corrected chi connectivity index (χ2v) is 6.75. The van der Waals surface area contributed by atoms with Gasteiger partial charge >= 0.3 is 18.0 Å². The lowest BCUT2D eigenvalue weighted by atomic mass is 9.99. The van der Waals surface area contributed by atoms with E-state index in [0.717, 1.165) is 4.90 Å². The van der Waals surface area contributed by atoms with Crippen LogP contribution in [0.4, 0.5) is 39.5 Å². The van der Waals surface area contributed by atoms with E-state index in [1.807, 2.05) is 4.90 Å². The Morgan fingerprint density at radius 2 is 1.41 bits per heavy atom. The third kappa shape index (κ3) is 8.86. The fourth-order valence-corrected chi connectivity index (χ4v) is 2.60. The van der Waals surface area contributed by atoms with Crippen molar-refractivity contribution in [2.45, 2.75) is 43.2 Å². The van der Waals surface area contributed by atoms with Crippen molar-refractivity contribution < 1.29 is 44.3 Å². The van der Waals surface area contributed by atoms with Crippen LogP contribution in [0.1, 0.15) is 19.3 Å². The lowest BCUT2D eigenvalue weighted by Crippen LogP contribution is -2.49. The number of rotatable bonds is 10. The summed E-state index contributed by atoms with van der Waals surface area (Å²) in [6.07, 6.45) is -12.0. The van der Waals surface area contributed by atoms with Gasteiger partial charge in [-0.1, -0.05) is 0 Å². The number of nitrogens with zero attached hydrogens (tertiary/aromatic N) is 2. The highest BCUT2D eigenvalue weighted by Gasteiger charge is 2.60. The second kappa shape index (κ2) is 9.17. The van der Waals surface area contributed by atoms with Crippen LogP contribution in [0.15, 0.2) is 0 Å². The molecular formula is C15H23F9N2O. The van der Waals surface area contributed by atoms with Gasteiger partial charge in [0.05, 0.1) is 26.2 Å². The fourth-order valence-electron chi connectivity index (χ4n) is 2.60. The van der Waals surface area contributed by atoms with Gasteiger partial charge in [-0.15, -0.1) is 0 Å². The van der Waals surface area contributed by atoms with E-state index in [1.165, 1.54) is 7.05 Å². The van der Waals surface area contributed by atoms with Crippen LogP contribution in [0, 0.1) is 0 Å². The Hall–Kier alpha value is -0.750. The van der Waals surface area contributed by atoms with Crippen molar-refractivity contribution in [3.8, 4) is 0 Å². The Bertz CT molecular complexity index is 451. The summed E-state index contributed by atoms with van der Waals surface area (Å²) < 4.78 is 123. The molecule has 1 heterocycles. The molecular weight excluding hydrogens is 395 g/mol. The lowest BCUT2D eigenvalue weighted by molar-refractivity contribution is -0.252. The van der Waals surface area contributed by atoms with Crippen molar-refractivity contribution in [2.75, 3.05) is 53.0 Å². The van der Waals surface area contributed by atoms with Crippen LogP contribution in [-0.2, 0) is 4.74 Å². The zero-order chi connectivity index (χ0) is 20.9. The molecule has 0 spiro atoms. The summed E-state index contributed by atoms with van der Waals surface area (Å²) in [6, 6.07) is 0. The minimum Gasteiger partial charge on any atom is -0.379 e. The maximum atomic E-state index is 13.8. The molecule has 0 atom stereocenters. The third-order valence-corrected chi connectivity index (χ3v) is 4.14. The van der Waals surface area contributed by atoms with Crippen LogP contribution in [0.3, 0.4) is 0 Å². The summed E-state index contributed by atoms with van der Waals surface area (Å²) in [7, 11) is 1.23. The van der Waals surface area contributed by atoms with Gasteiger partial charge in [-0.05, 0) is 7.05 Å². The first-order chi connectivity index (χ1) is 12.1. The number of halogens is 9. The molecule has 0 bridgehead atoms. The van der Waals surface area contributed by atoms with Crippen LogP contribution in [0.25, 0.3) is 0 Å². The minimum atomic E-state index is -5.26. The zero-order valence-electron chi connectivity index (χ0n) is 14.8. The summed E-state index contributed by atoms with van der Waals surface area (Å²) in [5, 5.41) is 0. The number of hydrogen-bond acceptors (Lipinski definition) is 3. The van der Waals surface area contributed by atoms with Crippen LogP contribution in [0.2, 0.25) is 0 Å². The highest BCUT2D eigenvalue weighted by molar-refractivity contribution is 4.91. The summed E-state index contributed by atoms with van der Waals surface area (Å²) in [5.74, 6) is -14.6. The number of ether oxygens (including phenoxy) is 1. The van der Waals surface area contributed by atoms with Gasteiger partial charge in [0.2, 0.25) is 0 Å². The van der Waals surface area contributed by atoms with Gasteiger partial charge in [0.25, 0.3) is 5.92 Å². The molecule has 0 aromatic rings. The monoisotopic (exact) mass is 418 g/mol. The van der Waals surface area contributed by atoms with E-state index in [0.29, 0.717) is 32.8 Å². The first-order valence-electron chi connectivity index (χ1n) is 8.32. The highest BCUT2D eigenvalue weighted by Crippen LogP contribution is 2.45. The van der Waals surface area contributed by atoms with Crippen molar-refractivity contribution in [1.29, 1.82) is 0 Å². The number of hydrogen-bond donors (Lipinski definition) is 0.